The summed E-state index contributed by atoms with van der Waals surface area (Å²) in [4.78, 5) is 15.9. The lowest BCUT2D eigenvalue weighted by atomic mass is 10.4. The summed E-state index contributed by atoms with van der Waals surface area (Å²) >= 11 is 1.61. The summed E-state index contributed by atoms with van der Waals surface area (Å²) in [7, 11) is 1.78. The van der Waals surface area contributed by atoms with E-state index >= 15 is 0 Å². The molecule has 2 unspecified atom stereocenters. The normalized spacial score (nSPS) is 30.2. The van der Waals surface area contributed by atoms with E-state index < -0.39 is 0 Å². The fraction of sp³-hybridized carbons (Fsp3) is 0.667. The smallest absolute Gasteiger partial charge is 0.323 e. The Morgan fingerprint density at radius 1 is 1.54 bits per heavy atom. The molecule has 0 spiro atoms. The van der Waals surface area contributed by atoms with Gasteiger partial charge in [0.05, 0.1) is 0 Å². The molecule has 0 aromatic carbocycles. The lowest BCUT2D eigenvalue weighted by Crippen LogP contribution is -3.00. The summed E-state index contributed by atoms with van der Waals surface area (Å²) < 4.78 is 0. The Kier molecular flexibility index (Phi) is 3.28. The summed E-state index contributed by atoms with van der Waals surface area (Å²) in [6.45, 7) is 0. The van der Waals surface area contributed by atoms with Crippen LogP contribution >= 0.6 is 11.8 Å². The molecule has 2 aliphatic rings. The molecule has 1 fully saturated rings. The van der Waals surface area contributed by atoms with Gasteiger partial charge in [0.15, 0.2) is 0 Å². The number of hydrogen-bond donors (Lipinski definition) is 3. The van der Waals surface area contributed by atoms with Crippen LogP contribution in [0.25, 0.3) is 0 Å². The minimum atomic E-state index is -0.0369. The van der Waals surface area contributed by atoms with Gasteiger partial charge in [0.25, 0.3) is 0 Å². The van der Waals surface area contributed by atoms with Crippen molar-refractivity contribution < 1.29 is 33.8 Å². The molecule has 1 saturated heterocycles. The number of nitrogens with one attached hydrogen (secondary N) is 3. The summed E-state index contributed by atoms with van der Waals surface area (Å²) in [5.74, 6) is 0. The number of nitrogens with zero attached hydrogens (tertiary/aromatic N) is 1. The van der Waals surface area contributed by atoms with Gasteiger partial charge in [0.1, 0.15) is 0 Å². The Labute approximate surface area is 97.7 Å². The summed E-state index contributed by atoms with van der Waals surface area (Å²) in [6, 6.07) is -0.0369. The van der Waals surface area contributed by atoms with Gasteiger partial charge in [-0.3, -0.25) is 10.2 Å². The average Bonchev–Trinajstić information content (AvgIpc) is 2.55. The molecule has 2 rings (SSSR count). The van der Waals surface area contributed by atoms with Crippen molar-refractivity contribution in [2.24, 2.45) is 0 Å². The molecule has 13 heavy (non-hydrogen) atoms. The van der Waals surface area contributed by atoms with Crippen LogP contribution in [0.4, 0.5) is 4.79 Å². The first-order valence-corrected chi connectivity index (χ1v) is 4.92. The molecule has 0 radical (unpaired) electrons. The zero-order valence-electron chi connectivity index (χ0n) is 7.30. The van der Waals surface area contributed by atoms with Crippen molar-refractivity contribution in [2.45, 2.75) is 12.3 Å². The van der Waals surface area contributed by atoms with Gasteiger partial charge in [0.2, 0.25) is 12.3 Å². The van der Waals surface area contributed by atoms with Crippen molar-refractivity contribution in [3.63, 3.8) is 0 Å². The maximum Gasteiger partial charge on any atom is 0.323 e. The number of thioether (sulfide) groups is 1. The van der Waals surface area contributed by atoms with E-state index in [9.17, 15) is 4.79 Å². The number of hydrogen-bond acceptors (Lipinski definition) is 3. The van der Waals surface area contributed by atoms with Gasteiger partial charge in [-0.25, -0.2) is 15.1 Å². The highest BCUT2D eigenvalue weighted by Gasteiger charge is 2.46. The van der Waals surface area contributed by atoms with Gasteiger partial charge in [-0.2, -0.15) is 0 Å². The van der Waals surface area contributed by atoms with E-state index in [4.69, 9.17) is 0 Å². The maximum absolute atomic E-state index is 11.1. The lowest BCUT2D eigenvalue weighted by molar-refractivity contribution is -0.513. The molecule has 0 aliphatic carbocycles. The van der Waals surface area contributed by atoms with Crippen LogP contribution in [-0.4, -0.2) is 41.7 Å². The third-order valence-corrected chi connectivity index (χ3v) is 2.75. The Bertz CT molecular complexity index is 259. The minimum absolute atomic E-state index is 0. The SMILES string of the molecule is CSC1=[NH+]C2C(NC(=O)N2C)N1.[I-]. The van der Waals surface area contributed by atoms with Crippen molar-refractivity contribution >= 4 is 23.0 Å². The molecule has 2 aliphatic heterocycles. The van der Waals surface area contributed by atoms with Crippen LogP contribution in [0, 0.1) is 0 Å². The monoisotopic (exact) mass is 314 g/mol. The van der Waals surface area contributed by atoms with E-state index in [1.807, 2.05) is 6.26 Å². The number of rotatable bonds is 0. The lowest BCUT2D eigenvalue weighted by Gasteiger charge is -2.07. The highest BCUT2D eigenvalue weighted by Crippen LogP contribution is 2.06. The number of likely N-dealkylation sites (N-methyl/N-ethyl adjacent to an activating group) is 1. The van der Waals surface area contributed by atoms with Gasteiger partial charge >= 0.3 is 11.2 Å². The van der Waals surface area contributed by atoms with E-state index in [0.29, 0.717) is 0 Å². The largest absolute Gasteiger partial charge is 1.00 e. The molecule has 74 valence electrons. The summed E-state index contributed by atoms with van der Waals surface area (Å²) in [5, 5.41) is 6.98. The number of carbonyl (C=O) groups is 1. The molecule has 0 aromatic rings. The zero-order valence-corrected chi connectivity index (χ0v) is 10.3. The first-order chi connectivity index (χ1) is 5.72. The van der Waals surface area contributed by atoms with Crippen LogP contribution in [0.3, 0.4) is 0 Å². The molecule has 0 aromatic heterocycles. The van der Waals surface area contributed by atoms with E-state index in [0.717, 1.165) is 5.17 Å². The van der Waals surface area contributed by atoms with Crippen LogP contribution in [-0.2, 0) is 0 Å². The molecule has 7 heteroatoms. The van der Waals surface area contributed by atoms with Crippen LogP contribution < -0.4 is 39.6 Å². The van der Waals surface area contributed by atoms with Crippen molar-refractivity contribution in [1.29, 1.82) is 0 Å². The number of amidine groups is 1. The maximum atomic E-state index is 11.1. The average molecular weight is 314 g/mol. The molecule has 0 bridgehead atoms. The van der Waals surface area contributed by atoms with Gasteiger partial charge in [-0.05, 0) is 18.0 Å². The molecule has 0 saturated carbocycles. The number of halogens is 1. The summed E-state index contributed by atoms with van der Waals surface area (Å²) in [5.41, 5.74) is 0. The van der Waals surface area contributed by atoms with Crippen LogP contribution in [0.2, 0.25) is 0 Å². The summed E-state index contributed by atoms with van der Waals surface area (Å²) in [6.07, 6.45) is 2.06. The quantitative estimate of drug-likeness (QED) is 0.392. The topological polar surface area (TPSA) is 58.3 Å². The van der Waals surface area contributed by atoms with Crippen molar-refractivity contribution in [2.75, 3.05) is 13.3 Å². The fourth-order valence-corrected chi connectivity index (χ4v) is 1.88. The Morgan fingerprint density at radius 3 is 2.77 bits per heavy atom. The number of fused-ring (bicyclic) bond motifs is 1. The van der Waals surface area contributed by atoms with Crippen molar-refractivity contribution in [1.82, 2.24) is 15.5 Å². The number of urea groups is 1. The zero-order chi connectivity index (χ0) is 8.72. The highest BCUT2D eigenvalue weighted by molar-refractivity contribution is 8.12. The van der Waals surface area contributed by atoms with Crippen LogP contribution in [0.1, 0.15) is 0 Å². The van der Waals surface area contributed by atoms with Gasteiger partial charge in [-0.1, -0.05) is 0 Å². The highest BCUT2D eigenvalue weighted by atomic mass is 127. The van der Waals surface area contributed by atoms with E-state index in [1.165, 1.54) is 0 Å². The van der Waals surface area contributed by atoms with Crippen LogP contribution in [0.5, 0.6) is 0 Å². The van der Waals surface area contributed by atoms with Crippen molar-refractivity contribution in [3.8, 4) is 0 Å². The van der Waals surface area contributed by atoms with E-state index in [2.05, 4.69) is 15.6 Å². The molecule has 3 N–H and O–H groups in total. The number of amides is 2. The van der Waals surface area contributed by atoms with Gasteiger partial charge < -0.3 is 24.0 Å². The fourth-order valence-electron chi connectivity index (χ4n) is 1.39. The number of carbonyl (C=O) groups excluding carboxylic acids is 1. The third-order valence-electron chi connectivity index (χ3n) is 2.10. The van der Waals surface area contributed by atoms with Gasteiger partial charge in [-0.15, -0.1) is 0 Å². The Balaban J connectivity index is 0.000000845. The second-order valence-electron chi connectivity index (χ2n) is 2.80. The van der Waals surface area contributed by atoms with E-state index in [-0.39, 0.29) is 42.3 Å². The Hall–Kier alpha value is -0.180. The molecule has 2 amide bonds. The molecule has 5 nitrogen and oxygen atoms in total. The predicted octanol–water partition coefficient (Wildman–Crippen LogP) is -5.30. The molecule has 2 heterocycles. The minimum Gasteiger partial charge on any atom is -1.00 e. The second kappa shape index (κ2) is 3.91. The first-order valence-electron chi connectivity index (χ1n) is 3.69. The second-order valence-corrected chi connectivity index (χ2v) is 3.62. The standard InChI is InChI=1S/C6H10N4OS.HI/c1-10-4-3(8-6(10)11)7-5(9-4)12-2;/h3-4H,1-2H3,(H,7,9)(H,8,11);1H. The predicted molar refractivity (Wildman–Crippen MR) is 46.5 cm³/mol. The third kappa shape index (κ3) is 1.71. The first kappa shape index (κ1) is 10.9. The van der Waals surface area contributed by atoms with Gasteiger partial charge in [0, 0.05) is 7.05 Å². The Morgan fingerprint density at radius 2 is 2.23 bits per heavy atom. The molecular formula is C6H11IN4OS. The van der Waals surface area contributed by atoms with E-state index in [1.54, 1.807) is 23.7 Å². The molecular weight excluding hydrogens is 303 g/mol. The van der Waals surface area contributed by atoms with Crippen LogP contribution in [0.15, 0.2) is 0 Å². The molecule has 2 atom stereocenters. The van der Waals surface area contributed by atoms with Crippen molar-refractivity contribution in [3.05, 3.63) is 0 Å².